The summed E-state index contributed by atoms with van der Waals surface area (Å²) in [7, 11) is -4.35. The predicted octanol–water partition coefficient (Wildman–Crippen LogP) is 2.64. The Morgan fingerprint density at radius 3 is 1.89 bits per heavy atom. The van der Waals surface area contributed by atoms with Gasteiger partial charge in [0.1, 0.15) is 0 Å². The summed E-state index contributed by atoms with van der Waals surface area (Å²) in [5.41, 5.74) is 0. The summed E-state index contributed by atoms with van der Waals surface area (Å²) in [6.07, 6.45) is 0. The van der Waals surface area contributed by atoms with E-state index in [2.05, 4.69) is 0 Å². The predicted molar refractivity (Wildman–Crippen MR) is 44.2 cm³/mol. The van der Waals surface area contributed by atoms with Crippen LogP contribution in [0.3, 0.4) is 0 Å². The normalized spacial score (nSPS) is 20.3. The minimum Gasteiger partial charge on any atom is -0.420 e. The fraction of sp³-hybridized carbons (Fsp3) is 1.00. The van der Waals surface area contributed by atoms with Gasteiger partial charge < -0.3 is 4.43 Å². The van der Waals surface area contributed by atoms with E-state index in [1.165, 1.54) is 0 Å². The second kappa shape index (κ2) is 2.43. The van der Waals surface area contributed by atoms with Gasteiger partial charge in [0.15, 0.2) is 8.32 Å². The van der Waals surface area contributed by atoms with Gasteiger partial charge in [-0.05, 0) is 18.1 Å². The summed E-state index contributed by atoms with van der Waals surface area (Å²) in [6.45, 7) is 9.92. The Balaban J connectivity index is 4.44. The first kappa shape index (κ1) is 4.91. The third-order valence-electron chi connectivity index (χ3n) is 2.06. The van der Waals surface area contributed by atoms with Gasteiger partial charge >= 0.3 is 0 Å². The average Bonchev–Trinajstić information content (AvgIpc) is 1.52. The lowest BCUT2D eigenvalue weighted by atomic mass is 10.2. The highest BCUT2D eigenvalue weighted by Crippen LogP contribution is 2.35. The second-order valence-corrected chi connectivity index (χ2v) is 8.59. The lowest BCUT2D eigenvalue weighted by Crippen LogP contribution is -2.39. The van der Waals surface area contributed by atoms with Gasteiger partial charge in [-0.1, -0.05) is 20.8 Å². The van der Waals surface area contributed by atoms with Gasteiger partial charge in [0.05, 0.1) is 4.11 Å². The summed E-state index contributed by atoms with van der Waals surface area (Å²) in [5.74, 6) is 0. The van der Waals surface area contributed by atoms with Crippen molar-refractivity contribution in [3.8, 4) is 0 Å². The Kier molecular flexibility index (Phi) is 1.32. The van der Waals surface area contributed by atoms with Crippen LogP contribution < -0.4 is 0 Å². The SMILES string of the molecule is [2H]C([2H])([2H])O[Si](C)(C)C(C)(C)C. The first-order valence-corrected chi connectivity index (χ1v) is 6.07. The van der Waals surface area contributed by atoms with Crippen LogP contribution in [0.5, 0.6) is 0 Å². The molecule has 0 aromatic rings. The molecule has 0 aliphatic heterocycles. The quantitative estimate of drug-likeness (QED) is 0.521. The molecule has 0 aliphatic carbocycles. The first-order chi connectivity index (χ1) is 4.96. The minimum absolute atomic E-state index is 0.0403. The van der Waals surface area contributed by atoms with Crippen LogP contribution in [0.1, 0.15) is 24.9 Å². The zero-order valence-corrected chi connectivity index (χ0v) is 7.91. The van der Waals surface area contributed by atoms with E-state index in [9.17, 15) is 0 Å². The van der Waals surface area contributed by atoms with E-state index in [0.717, 1.165) is 0 Å². The molecule has 56 valence electrons. The van der Waals surface area contributed by atoms with E-state index in [0.29, 0.717) is 0 Å². The summed E-state index contributed by atoms with van der Waals surface area (Å²) >= 11 is 0. The molecule has 0 heterocycles. The van der Waals surface area contributed by atoms with E-state index < -0.39 is 15.4 Å². The Hall–Kier alpha value is 0.177. The molecule has 1 nitrogen and oxygen atoms in total. The van der Waals surface area contributed by atoms with Crippen molar-refractivity contribution in [2.75, 3.05) is 7.04 Å². The van der Waals surface area contributed by atoms with Crippen molar-refractivity contribution in [1.82, 2.24) is 0 Å². The maximum Gasteiger partial charge on any atom is 0.191 e. The van der Waals surface area contributed by atoms with Crippen LogP contribution >= 0.6 is 0 Å². The largest absolute Gasteiger partial charge is 0.420 e. The molecule has 0 aromatic carbocycles. The molecule has 0 bridgehead atoms. The molecule has 0 atom stereocenters. The van der Waals surface area contributed by atoms with Crippen molar-refractivity contribution in [3.05, 3.63) is 0 Å². The molecule has 0 amide bonds. The van der Waals surface area contributed by atoms with Crippen molar-refractivity contribution in [3.63, 3.8) is 0 Å². The third-order valence-corrected chi connectivity index (χ3v) is 6.18. The van der Waals surface area contributed by atoms with Crippen LogP contribution in [-0.2, 0) is 4.43 Å². The van der Waals surface area contributed by atoms with Crippen molar-refractivity contribution < 1.29 is 8.54 Å². The van der Waals surface area contributed by atoms with Crippen molar-refractivity contribution in [2.24, 2.45) is 0 Å². The molecule has 0 saturated carbocycles. The van der Waals surface area contributed by atoms with Gasteiger partial charge in [-0.25, -0.2) is 0 Å². The molecule has 0 saturated heterocycles. The lowest BCUT2D eigenvalue weighted by Gasteiger charge is -2.34. The zero-order chi connectivity index (χ0) is 10.2. The minimum atomic E-state index is -2.25. The van der Waals surface area contributed by atoms with Crippen molar-refractivity contribution in [2.45, 2.75) is 38.9 Å². The molecular weight excluding hydrogens is 128 g/mol. The highest BCUT2D eigenvalue weighted by molar-refractivity contribution is 6.74. The molecule has 0 aromatic heterocycles. The second-order valence-electron chi connectivity index (χ2n) is 3.86. The van der Waals surface area contributed by atoms with E-state index in [1.54, 1.807) is 0 Å². The van der Waals surface area contributed by atoms with E-state index in [4.69, 9.17) is 8.54 Å². The Morgan fingerprint density at radius 1 is 1.33 bits per heavy atom. The summed E-state index contributed by atoms with van der Waals surface area (Å²) < 4.78 is 26.2. The van der Waals surface area contributed by atoms with E-state index in [-0.39, 0.29) is 5.04 Å². The monoisotopic (exact) mass is 149 g/mol. The summed E-state index contributed by atoms with van der Waals surface area (Å²) in [5, 5.41) is -0.0403. The fourth-order valence-corrected chi connectivity index (χ4v) is 0.459. The molecule has 0 N–H and O–H groups in total. The molecule has 0 rings (SSSR count). The van der Waals surface area contributed by atoms with E-state index >= 15 is 0 Å². The highest BCUT2D eigenvalue weighted by atomic mass is 28.4. The Labute approximate surface area is 63.8 Å². The molecule has 2 heteroatoms. The van der Waals surface area contributed by atoms with Gasteiger partial charge in [-0.3, -0.25) is 0 Å². The molecule has 0 unspecified atom stereocenters. The van der Waals surface area contributed by atoms with Crippen molar-refractivity contribution >= 4 is 8.32 Å². The maximum atomic E-state index is 7.01. The van der Waals surface area contributed by atoms with Crippen LogP contribution in [-0.4, -0.2) is 15.4 Å². The lowest BCUT2D eigenvalue weighted by molar-refractivity contribution is 0.373. The molecular formula is C7H18OSi. The molecule has 9 heavy (non-hydrogen) atoms. The Bertz CT molecular complexity index is 157. The number of hydrogen-bond donors (Lipinski definition) is 0. The van der Waals surface area contributed by atoms with Gasteiger partial charge in [-0.2, -0.15) is 0 Å². The van der Waals surface area contributed by atoms with Crippen LogP contribution in [0.25, 0.3) is 0 Å². The van der Waals surface area contributed by atoms with Gasteiger partial charge in [0.2, 0.25) is 0 Å². The standard InChI is InChI=1S/C7H18OSi/c1-7(2,3)9(5,6)8-4/h1-6H3/i4D3. The fourth-order valence-electron chi connectivity index (χ4n) is 0.153. The third kappa shape index (κ3) is 2.10. The molecule has 0 fully saturated rings. The van der Waals surface area contributed by atoms with Crippen LogP contribution in [0, 0.1) is 0 Å². The van der Waals surface area contributed by atoms with Gasteiger partial charge in [0, 0.05) is 7.04 Å². The smallest absolute Gasteiger partial charge is 0.191 e. The average molecular weight is 149 g/mol. The number of hydrogen-bond acceptors (Lipinski definition) is 1. The molecule has 0 aliphatic rings. The Morgan fingerprint density at radius 2 is 1.78 bits per heavy atom. The van der Waals surface area contributed by atoms with Crippen LogP contribution in [0.15, 0.2) is 0 Å². The molecule has 0 radical (unpaired) electrons. The zero-order valence-electron chi connectivity index (χ0n) is 9.91. The summed E-state index contributed by atoms with van der Waals surface area (Å²) in [6, 6.07) is 0. The number of rotatable bonds is 1. The van der Waals surface area contributed by atoms with Crippen LogP contribution in [0.2, 0.25) is 18.1 Å². The van der Waals surface area contributed by atoms with Gasteiger partial charge in [0.25, 0.3) is 0 Å². The van der Waals surface area contributed by atoms with Crippen LogP contribution in [0.4, 0.5) is 0 Å². The van der Waals surface area contributed by atoms with Crippen molar-refractivity contribution in [1.29, 1.82) is 0 Å². The first-order valence-electron chi connectivity index (χ1n) is 4.66. The summed E-state index contributed by atoms with van der Waals surface area (Å²) in [4.78, 5) is 0. The topological polar surface area (TPSA) is 9.23 Å². The van der Waals surface area contributed by atoms with E-state index in [1.807, 2.05) is 33.9 Å². The maximum absolute atomic E-state index is 7.01. The van der Waals surface area contributed by atoms with Gasteiger partial charge in [-0.15, -0.1) is 0 Å². The highest BCUT2D eigenvalue weighted by Gasteiger charge is 2.35. The molecule has 0 spiro atoms.